The molecule has 13 heteroatoms. The maximum atomic E-state index is 13.5. The maximum Gasteiger partial charge on any atom is 0.519 e. The van der Waals surface area contributed by atoms with Crippen molar-refractivity contribution in [1.82, 2.24) is 0 Å². The Balaban J connectivity index is 1.41. The maximum absolute atomic E-state index is 13.5. The highest BCUT2D eigenvalue weighted by Crippen LogP contribution is 2.28. The van der Waals surface area contributed by atoms with Gasteiger partial charge in [0.25, 0.3) is 0 Å². The third-order valence-corrected chi connectivity index (χ3v) is 7.91. The summed E-state index contributed by atoms with van der Waals surface area (Å²) in [4.78, 5) is 49.5. The number of hydrogen-bond acceptors (Lipinski definition) is 10. The Morgan fingerprint density at radius 1 is 0.566 bits per heavy atom. The van der Waals surface area contributed by atoms with Crippen LogP contribution in [0.25, 0.3) is 0 Å². The van der Waals surface area contributed by atoms with Crippen LogP contribution >= 0.6 is 0 Å². The van der Waals surface area contributed by atoms with E-state index in [0.29, 0.717) is 38.2 Å². The first-order valence-corrected chi connectivity index (χ1v) is 18.0. The third-order valence-electron chi connectivity index (χ3n) is 7.91. The fraction of sp³-hybridized carbons (Fsp3) is 0.450. The molecule has 0 fully saturated rings. The molecule has 0 aromatic heterocycles. The van der Waals surface area contributed by atoms with Gasteiger partial charge >= 0.3 is 30.2 Å². The van der Waals surface area contributed by atoms with Crippen molar-refractivity contribution in [2.75, 3.05) is 13.2 Å². The van der Waals surface area contributed by atoms with Gasteiger partial charge in [0, 0.05) is 19.6 Å². The first-order valence-electron chi connectivity index (χ1n) is 18.0. The molecule has 0 aliphatic rings. The third kappa shape index (κ3) is 16.5. The molecule has 0 aliphatic heterocycles. The van der Waals surface area contributed by atoms with Crippen LogP contribution in [-0.4, -0.2) is 49.6 Å². The second kappa shape index (κ2) is 22.9. The molecule has 0 heterocycles. The van der Waals surface area contributed by atoms with Crippen molar-refractivity contribution < 1.29 is 60.8 Å². The fourth-order valence-corrected chi connectivity index (χ4v) is 5.02. The van der Waals surface area contributed by atoms with Crippen molar-refractivity contribution in [3.05, 3.63) is 83.9 Å². The van der Waals surface area contributed by atoms with Crippen LogP contribution in [0.5, 0.6) is 23.0 Å². The van der Waals surface area contributed by atoms with E-state index in [9.17, 15) is 32.3 Å². The molecule has 3 rings (SSSR count). The van der Waals surface area contributed by atoms with Gasteiger partial charge in [0.05, 0.1) is 11.1 Å². The van der Waals surface area contributed by atoms with Crippen molar-refractivity contribution >= 4 is 24.1 Å². The predicted molar refractivity (Wildman–Crippen MR) is 189 cm³/mol. The van der Waals surface area contributed by atoms with Gasteiger partial charge < -0.3 is 28.4 Å². The van der Waals surface area contributed by atoms with Crippen LogP contribution in [-0.2, 0) is 14.3 Å². The molecule has 53 heavy (non-hydrogen) atoms. The SMILES string of the molecule is CCCCCCCCCC(=O)Oc1ccc(OC(=O)Oc2ccc(C(=O)Oc3ccc(C(=O)OC(CCCCCOCC)C(F)(F)F)cc3)cc2)cc1. The number of halogens is 3. The molecule has 0 spiro atoms. The summed E-state index contributed by atoms with van der Waals surface area (Å²) in [6.07, 6.45) is 0.948. The number of esters is 3. The van der Waals surface area contributed by atoms with Crippen molar-refractivity contribution in [3.8, 4) is 23.0 Å². The van der Waals surface area contributed by atoms with Crippen LogP contribution in [0.4, 0.5) is 18.0 Å². The van der Waals surface area contributed by atoms with Gasteiger partial charge in [-0.25, -0.2) is 14.4 Å². The second-order valence-electron chi connectivity index (χ2n) is 12.2. The standard InChI is InChI=1S/C40H47F3O10/c1-3-5-6-7-8-9-12-15-36(44)49-31-24-26-34(27-25-31)52-39(47)51-33-22-18-29(19-23-33)37(45)50-32-20-16-30(17-21-32)38(46)53-35(40(41,42)43)14-11-10-13-28-48-4-2/h16-27,35H,3-15,28H2,1-2H3. The summed E-state index contributed by atoms with van der Waals surface area (Å²) in [5.74, 6) is -1.67. The zero-order valence-corrected chi connectivity index (χ0v) is 30.1. The summed E-state index contributed by atoms with van der Waals surface area (Å²) < 4.78 is 71.3. The van der Waals surface area contributed by atoms with E-state index < -0.39 is 30.4 Å². The number of rotatable bonds is 22. The van der Waals surface area contributed by atoms with Crippen molar-refractivity contribution in [2.24, 2.45) is 0 Å². The summed E-state index contributed by atoms with van der Waals surface area (Å²) in [6.45, 7) is 4.99. The number of unbranched alkanes of at least 4 members (excludes halogenated alkanes) is 8. The zero-order valence-electron chi connectivity index (χ0n) is 30.1. The van der Waals surface area contributed by atoms with Crippen molar-refractivity contribution in [2.45, 2.75) is 103 Å². The summed E-state index contributed by atoms with van der Waals surface area (Å²) in [7, 11) is 0. The highest BCUT2D eigenvalue weighted by Gasteiger charge is 2.42. The Labute approximate surface area is 307 Å². The van der Waals surface area contributed by atoms with Crippen molar-refractivity contribution in [3.63, 3.8) is 0 Å². The Morgan fingerprint density at radius 3 is 1.58 bits per heavy atom. The molecule has 0 saturated carbocycles. The van der Waals surface area contributed by atoms with Gasteiger partial charge in [-0.05, 0) is 105 Å². The molecule has 0 saturated heterocycles. The number of hydrogen-bond donors (Lipinski definition) is 0. The Morgan fingerprint density at radius 2 is 1.04 bits per heavy atom. The summed E-state index contributed by atoms with van der Waals surface area (Å²) in [5.41, 5.74) is -0.0437. The molecule has 288 valence electrons. The van der Waals surface area contributed by atoms with Crippen LogP contribution in [0.15, 0.2) is 72.8 Å². The quantitative estimate of drug-likeness (QED) is 0.0425. The molecular formula is C40H47F3O10. The molecule has 0 amide bonds. The van der Waals surface area contributed by atoms with Gasteiger partial charge in [0.2, 0.25) is 0 Å². The van der Waals surface area contributed by atoms with Gasteiger partial charge in [-0.1, -0.05) is 51.9 Å². The lowest BCUT2D eigenvalue weighted by molar-refractivity contribution is -0.206. The van der Waals surface area contributed by atoms with E-state index in [1.165, 1.54) is 98.5 Å². The van der Waals surface area contributed by atoms with Crippen LogP contribution in [0, 0.1) is 0 Å². The average molecular weight is 745 g/mol. The van der Waals surface area contributed by atoms with Crippen molar-refractivity contribution in [1.29, 1.82) is 0 Å². The van der Waals surface area contributed by atoms with Gasteiger partial charge in [0.1, 0.15) is 23.0 Å². The van der Waals surface area contributed by atoms with E-state index in [0.717, 1.165) is 19.3 Å². The molecule has 0 radical (unpaired) electrons. The molecule has 1 atom stereocenters. The van der Waals surface area contributed by atoms with E-state index in [4.69, 9.17) is 28.4 Å². The molecule has 10 nitrogen and oxygen atoms in total. The van der Waals surface area contributed by atoms with Gasteiger partial charge in [0.15, 0.2) is 6.10 Å². The second-order valence-corrected chi connectivity index (χ2v) is 12.2. The van der Waals surface area contributed by atoms with E-state index in [2.05, 4.69) is 6.92 Å². The first-order chi connectivity index (χ1) is 25.5. The number of alkyl halides is 3. The van der Waals surface area contributed by atoms with Gasteiger partial charge in [-0.2, -0.15) is 13.2 Å². The van der Waals surface area contributed by atoms with E-state index in [1.807, 2.05) is 6.92 Å². The Bertz CT molecular complexity index is 1560. The van der Waals surface area contributed by atoms with Gasteiger partial charge in [-0.15, -0.1) is 0 Å². The molecule has 3 aromatic rings. The molecular weight excluding hydrogens is 697 g/mol. The number of ether oxygens (including phenoxy) is 6. The van der Waals surface area contributed by atoms with Crippen LogP contribution in [0.3, 0.4) is 0 Å². The minimum Gasteiger partial charge on any atom is -0.449 e. The lowest BCUT2D eigenvalue weighted by Crippen LogP contribution is -2.33. The molecule has 1 unspecified atom stereocenters. The zero-order chi connectivity index (χ0) is 38.5. The molecule has 0 bridgehead atoms. The first kappa shape index (κ1) is 42.5. The summed E-state index contributed by atoms with van der Waals surface area (Å²) in [5, 5.41) is 0. The van der Waals surface area contributed by atoms with E-state index >= 15 is 0 Å². The monoisotopic (exact) mass is 744 g/mol. The van der Waals surface area contributed by atoms with Crippen LogP contribution < -0.4 is 18.9 Å². The minimum absolute atomic E-state index is 0.0334. The smallest absolute Gasteiger partial charge is 0.449 e. The highest BCUT2D eigenvalue weighted by molar-refractivity contribution is 5.92. The summed E-state index contributed by atoms with van der Waals surface area (Å²) in [6, 6.07) is 16.2. The topological polar surface area (TPSA) is 124 Å². The lowest BCUT2D eigenvalue weighted by Gasteiger charge is -2.20. The summed E-state index contributed by atoms with van der Waals surface area (Å²) >= 11 is 0. The normalized spacial score (nSPS) is 11.7. The largest absolute Gasteiger partial charge is 0.519 e. The Hall–Kier alpha value is -4.91. The number of benzene rings is 3. The minimum atomic E-state index is -4.72. The predicted octanol–water partition coefficient (Wildman–Crippen LogP) is 10.2. The lowest BCUT2D eigenvalue weighted by atomic mass is 10.1. The number of carbonyl (C=O) groups is 4. The van der Waals surface area contributed by atoms with Crippen LogP contribution in [0.2, 0.25) is 0 Å². The average Bonchev–Trinajstić information content (AvgIpc) is 3.13. The van der Waals surface area contributed by atoms with Crippen LogP contribution in [0.1, 0.15) is 112 Å². The molecule has 3 aromatic carbocycles. The van der Waals surface area contributed by atoms with E-state index in [-0.39, 0.29) is 47.2 Å². The molecule has 0 aliphatic carbocycles. The molecule has 0 N–H and O–H groups in total. The van der Waals surface area contributed by atoms with E-state index in [1.54, 1.807) is 0 Å². The highest BCUT2D eigenvalue weighted by atomic mass is 19.4. The van der Waals surface area contributed by atoms with Gasteiger partial charge in [-0.3, -0.25) is 4.79 Å². The fourth-order valence-electron chi connectivity index (χ4n) is 5.02. The number of carbonyl (C=O) groups excluding carboxylic acids is 4. The Kier molecular flexibility index (Phi) is 18.4.